The molecule has 6 nitrogen and oxygen atoms in total. The maximum Gasteiger partial charge on any atom is 0.287 e. The van der Waals surface area contributed by atoms with Gasteiger partial charge in [-0.1, -0.05) is 0 Å². The first-order chi connectivity index (χ1) is 6.56. The third-order valence-electron chi connectivity index (χ3n) is 1.92. The number of hydrogen-bond donors (Lipinski definition) is 2. The molecule has 1 aromatic rings. The maximum absolute atomic E-state index is 10.4. The molecule has 0 aliphatic heterocycles. The Kier molecular flexibility index (Phi) is 3.10. The first kappa shape index (κ1) is 10.6. The summed E-state index contributed by atoms with van der Waals surface area (Å²) in [7, 11) is 0. The Morgan fingerprint density at radius 2 is 2.36 bits per heavy atom. The fourth-order valence-corrected chi connectivity index (χ4v) is 1.17. The summed E-state index contributed by atoms with van der Waals surface area (Å²) < 4.78 is 0. The van der Waals surface area contributed by atoms with Gasteiger partial charge in [0.1, 0.15) is 6.20 Å². The van der Waals surface area contributed by atoms with Crippen LogP contribution in [0.15, 0.2) is 12.3 Å². The van der Waals surface area contributed by atoms with Gasteiger partial charge in [0.15, 0.2) is 0 Å². The molecule has 1 heterocycles. The molecule has 0 aromatic carbocycles. The number of aryl methyl sites for hydroxylation is 1. The van der Waals surface area contributed by atoms with Crippen LogP contribution in [0.5, 0.6) is 0 Å². The Balaban J connectivity index is 3.07. The molecule has 0 amide bonds. The van der Waals surface area contributed by atoms with E-state index in [2.05, 4.69) is 4.98 Å². The van der Waals surface area contributed by atoms with Gasteiger partial charge in [-0.15, -0.1) is 0 Å². The van der Waals surface area contributed by atoms with Crippen molar-refractivity contribution in [2.24, 2.45) is 11.5 Å². The van der Waals surface area contributed by atoms with E-state index >= 15 is 0 Å². The molecule has 0 saturated carbocycles. The van der Waals surface area contributed by atoms with E-state index in [-0.39, 0.29) is 18.3 Å². The van der Waals surface area contributed by atoms with Crippen molar-refractivity contribution in [2.75, 3.05) is 6.54 Å². The number of pyridine rings is 1. The highest BCUT2D eigenvalue weighted by molar-refractivity contribution is 5.34. The van der Waals surface area contributed by atoms with Crippen molar-refractivity contribution in [2.45, 2.75) is 13.0 Å². The molecule has 14 heavy (non-hydrogen) atoms. The number of nitrogens with zero attached hydrogens (tertiary/aromatic N) is 2. The zero-order valence-electron chi connectivity index (χ0n) is 7.80. The zero-order valence-corrected chi connectivity index (χ0v) is 7.80. The van der Waals surface area contributed by atoms with Crippen molar-refractivity contribution in [3.8, 4) is 0 Å². The van der Waals surface area contributed by atoms with E-state index in [0.29, 0.717) is 11.3 Å². The molecule has 0 unspecified atom stereocenters. The molecule has 0 aliphatic carbocycles. The van der Waals surface area contributed by atoms with Gasteiger partial charge in [0, 0.05) is 12.6 Å². The average Bonchev–Trinajstić information content (AvgIpc) is 2.16. The third kappa shape index (κ3) is 2.04. The number of nitro groups is 1. The van der Waals surface area contributed by atoms with Crippen molar-refractivity contribution < 1.29 is 4.92 Å². The molecule has 1 rings (SSSR count). The van der Waals surface area contributed by atoms with Gasteiger partial charge < -0.3 is 11.5 Å². The van der Waals surface area contributed by atoms with Crippen LogP contribution < -0.4 is 11.5 Å². The van der Waals surface area contributed by atoms with E-state index in [9.17, 15) is 10.1 Å². The smallest absolute Gasteiger partial charge is 0.287 e. The molecule has 1 atom stereocenters. The first-order valence-electron chi connectivity index (χ1n) is 4.13. The lowest BCUT2D eigenvalue weighted by Crippen LogP contribution is -2.22. The van der Waals surface area contributed by atoms with Crippen LogP contribution in [-0.4, -0.2) is 16.5 Å². The SMILES string of the molecule is Cc1cc([N+](=O)[O-])cnc1[C@@H](N)CN. The lowest BCUT2D eigenvalue weighted by Gasteiger charge is -2.10. The van der Waals surface area contributed by atoms with Crippen LogP contribution >= 0.6 is 0 Å². The fraction of sp³-hybridized carbons (Fsp3) is 0.375. The minimum absolute atomic E-state index is 0.0320. The van der Waals surface area contributed by atoms with E-state index in [0.717, 1.165) is 0 Å². The lowest BCUT2D eigenvalue weighted by atomic mass is 10.1. The van der Waals surface area contributed by atoms with E-state index < -0.39 is 4.92 Å². The minimum atomic E-state index is -0.488. The van der Waals surface area contributed by atoms with Gasteiger partial charge in [0.05, 0.1) is 16.7 Å². The molecule has 0 saturated heterocycles. The first-order valence-corrected chi connectivity index (χ1v) is 4.13. The molecule has 4 N–H and O–H groups in total. The summed E-state index contributed by atoms with van der Waals surface area (Å²) in [6.07, 6.45) is 1.19. The zero-order chi connectivity index (χ0) is 10.7. The van der Waals surface area contributed by atoms with Gasteiger partial charge in [0.2, 0.25) is 0 Å². The van der Waals surface area contributed by atoms with Gasteiger partial charge in [0.25, 0.3) is 5.69 Å². The highest BCUT2D eigenvalue weighted by Crippen LogP contribution is 2.17. The predicted octanol–water partition coefficient (Wildman–Crippen LogP) is 0.257. The highest BCUT2D eigenvalue weighted by Gasteiger charge is 2.13. The third-order valence-corrected chi connectivity index (χ3v) is 1.92. The van der Waals surface area contributed by atoms with Crippen LogP contribution in [0.2, 0.25) is 0 Å². The molecule has 0 bridgehead atoms. The van der Waals surface area contributed by atoms with Gasteiger partial charge in [-0.25, -0.2) is 0 Å². The Labute approximate surface area is 81.1 Å². The van der Waals surface area contributed by atoms with Crippen LogP contribution in [-0.2, 0) is 0 Å². The molecule has 0 spiro atoms. The van der Waals surface area contributed by atoms with Crippen LogP contribution in [0, 0.1) is 17.0 Å². The van der Waals surface area contributed by atoms with Gasteiger partial charge in [-0.3, -0.25) is 15.1 Å². The standard InChI is InChI=1S/C8H12N4O2/c1-5-2-6(12(13)14)4-11-8(5)7(10)3-9/h2,4,7H,3,9-10H2,1H3/t7-/m0/s1. The Morgan fingerprint density at radius 1 is 1.71 bits per heavy atom. The fourth-order valence-electron chi connectivity index (χ4n) is 1.17. The molecule has 76 valence electrons. The largest absolute Gasteiger partial charge is 0.329 e. The van der Waals surface area contributed by atoms with E-state index in [4.69, 9.17) is 11.5 Å². The van der Waals surface area contributed by atoms with Gasteiger partial charge in [-0.2, -0.15) is 0 Å². The van der Waals surface area contributed by atoms with Crippen molar-refractivity contribution in [3.05, 3.63) is 33.6 Å². The topological polar surface area (TPSA) is 108 Å². The summed E-state index contributed by atoms with van der Waals surface area (Å²) >= 11 is 0. The van der Waals surface area contributed by atoms with E-state index in [1.165, 1.54) is 12.3 Å². The molecule has 6 heteroatoms. The Bertz CT molecular complexity index is 353. The van der Waals surface area contributed by atoms with Crippen LogP contribution in [0.4, 0.5) is 5.69 Å². The van der Waals surface area contributed by atoms with Crippen LogP contribution in [0.1, 0.15) is 17.3 Å². The lowest BCUT2D eigenvalue weighted by molar-refractivity contribution is -0.385. The molecule has 0 radical (unpaired) electrons. The Morgan fingerprint density at radius 3 is 2.79 bits per heavy atom. The predicted molar refractivity (Wildman–Crippen MR) is 51.6 cm³/mol. The monoisotopic (exact) mass is 196 g/mol. The highest BCUT2D eigenvalue weighted by atomic mass is 16.6. The number of aromatic nitrogens is 1. The summed E-state index contributed by atoms with van der Waals surface area (Å²) in [5, 5.41) is 10.4. The summed E-state index contributed by atoms with van der Waals surface area (Å²) in [5.74, 6) is 0. The normalized spacial score (nSPS) is 12.5. The van der Waals surface area contributed by atoms with E-state index in [1.54, 1.807) is 6.92 Å². The molecule has 0 aliphatic rings. The van der Waals surface area contributed by atoms with Gasteiger partial charge in [-0.05, 0) is 12.5 Å². The number of rotatable bonds is 3. The van der Waals surface area contributed by atoms with Crippen molar-refractivity contribution in [3.63, 3.8) is 0 Å². The molecular weight excluding hydrogens is 184 g/mol. The molecule has 0 fully saturated rings. The van der Waals surface area contributed by atoms with Crippen molar-refractivity contribution in [1.29, 1.82) is 0 Å². The Hall–Kier alpha value is -1.53. The number of hydrogen-bond acceptors (Lipinski definition) is 5. The summed E-state index contributed by atoms with van der Waals surface area (Å²) in [6.45, 7) is 2.00. The second kappa shape index (κ2) is 4.12. The molecular formula is C8H12N4O2. The summed E-state index contributed by atoms with van der Waals surface area (Å²) in [6, 6.07) is 1.08. The minimum Gasteiger partial charge on any atom is -0.329 e. The maximum atomic E-state index is 10.4. The summed E-state index contributed by atoms with van der Waals surface area (Å²) in [5.41, 5.74) is 12.3. The summed E-state index contributed by atoms with van der Waals surface area (Å²) in [4.78, 5) is 13.8. The van der Waals surface area contributed by atoms with Crippen molar-refractivity contribution >= 4 is 5.69 Å². The van der Waals surface area contributed by atoms with Crippen molar-refractivity contribution in [1.82, 2.24) is 4.98 Å². The quantitative estimate of drug-likeness (QED) is 0.532. The van der Waals surface area contributed by atoms with Crippen LogP contribution in [0.25, 0.3) is 0 Å². The van der Waals surface area contributed by atoms with Crippen LogP contribution in [0.3, 0.4) is 0 Å². The molecule has 1 aromatic heterocycles. The average molecular weight is 196 g/mol. The number of nitrogens with two attached hydrogens (primary N) is 2. The second-order valence-electron chi connectivity index (χ2n) is 2.99. The van der Waals surface area contributed by atoms with Gasteiger partial charge >= 0.3 is 0 Å². The van der Waals surface area contributed by atoms with E-state index in [1.807, 2.05) is 0 Å². The second-order valence-corrected chi connectivity index (χ2v) is 2.99.